The Morgan fingerprint density at radius 2 is 2.03 bits per heavy atom. The fraction of sp³-hybridized carbons (Fsp3) is 0.591. The first-order valence-corrected chi connectivity index (χ1v) is 10.4. The van der Waals surface area contributed by atoms with Crippen LogP contribution in [0.4, 0.5) is 5.69 Å². The van der Waals surface area contributed by atoms with E-state index in [0.29, 0.717) is 18.9 Å². The molecule has 29 heavy (non-hydrogen) atoms. The predicted molar refractivity (Wildman–Crippen MR) is 109 cm³/mol. The Labute approximate surface area is 171 Å². The van der Waals surface area contributed by atoms with Crippen LogP contribution in [-0.2, 0) is 19.1 Å². The van der Waals surface area contributed by atoms with E-state index in [1.165, 1.54) is 0 Å². The summed E-state index contributed by atoms with van der Waals surface area (Å²) in [4.78, 5) is 40.8. The topological polar surface area (TPSA) is 76.2 Å². The standard InChI is InChI=1S/C22H30N2O5/c1-3-28-12-11-23-10-6-7-17(14-23)15-29-22(27)18-8-4-5-9-19(18)24-20(25)13-16(2)21(24)26/h4-5,8-9,16-17H,3,6-7,10-15H2,1-2H3. The molecule has 0 aromatic heterocycles. The van der Waals surface area contributed by atoms with Crippen LogP contribution in [0.2, 0.25) is 0 Å². The van der Waals surface area contributed by atoms with Gasteiger partial charge in [0.1, 0.15) is 0 Å². The summed E-state index contributed by atoms with van der Waals surface area (Å²) in [5.41, 5.74) is 0.575. The molecule has 0 aliphatic carbocycles. The smallest absolute Gasteiger partial charge is 0.340 e. The van der Waals surface area contributed by atoms with Gasteiger partial charge in [-0.05, 0) is 38.4 Å². The number of likely N-dealkylation sites (tertiary alicyclic amines) is 1. The fourth-order valence-electron chi connectivity index (χ4n) is 3.98. The summed E-state index contributed by atoms with van der Waals surface area (Å²) in [6.45, 7) is 8.28. The fourth-order valence-corrected chi connectivity index (χ4v) is 3.98. The van der Waals surface area contributed by atoms with Crippen LogP contribution in [0.3, 0.4) is 0 Å². The van der Waals surface area contributed by atoms with Crippen molar-refractivity contribution in [2.24, 2.45) is 11.8 Å². The van der Waals surface area contributed by atoms with Gasteiger partial charge < -0.3 is 14.4 Å². The van der Waals surface area contributed by atoms with Crippen LogP contribution >= 0.6 is 0 Å². The number of piperidine rings is 1. The van der Waals surface area contributed by atoms with Crippen LogP contribution in [0.1, 0.15) is 43.5 Å². The van der Waals surface area contributed by atoms with Crippen molar-refractivity contribution >= 4 is 23.5 Å². The molecular formula is C22H30N2O5. The molecule has 1 aromatic carbocycles. The molecule has 7 nitrogen and oxygen atoms in total. The summed E-state index contributed by atoms with van der Waals surface area (Å²) >= 11 is 0. The van der Waals surface area contributed by atoms with E-state index in [0.717, 1.165) is 44.0 Å². The molecule has 2 aliphatic heterocycles. The Morgan fingerprint density at radius 1 is 1.24 bits per heavy atom. The summed E-state index contributed by atoms with van der Waals surface area (Å²) in [5.74, 6) is -1.13. The predicted octanol–water partition coefficient (Wildman–Crippen LogP) is 2.49. The molecule has 2 heterocycles. The highest BCUT2D eigenvalue weighted by molar-refractivity contribution is 6.22. The highest BCUT2D eigenvalue weighted by Crippen LogP contribution is 2.29. The van der Waals surface area contributed by atoms with Gasteiger partial charge >= 0.3 is 5.97 Å². The maximum Gasteiger partial charge on any atom is 0.340 e. The zero-order chi connectivity index (χ0) is 20.8. The monoisotopic (exact) mass is 402 g/mol. The Hall–Kier alpha value is -2.25. The van der Waals surface area contributed by atoms with Crippen LogP contribution in [0.15, 0.2) is 24.3 Å². The van der Waals surface area contributed by atoms with Gasteiger partial charge in [-0.1, -0.05) is 19.1 Å². The Bertz CT molecular complexity index is 750. The van der Waals surface area contributed by atoms with E-state index in [9.17, 15) is 14.4 Å². The molecule has 7 heteroatoms. The summed E-state index contributed by atoms with van der Waals surface area (Å²) in [6.07, 6.45) is 2.25. The Morgan fingerprint density at radius 3 is 2.76 bits per heavy atom. The number of benzene rings is 1. The van der Waals surface area contributed by atoms with Gasteiger partial charge in [-0.15, -0.1) is 0 Å². The Kier molecular flexibility index (Phi) is 7.39. The average Bonchev–Trinajstić information content (AvgIpc) is 2.98. The number of hydrogen-bond acceptors (Lipinski definition) is 6. The number of carbonyl (C=O) groups is 3. The van der Waals surface area contributed by atoms with Gasteiger partial charge in [0.15, 0.2) is 0 Å². The van der Waals surface area contributed by atoms with E-state index in [4.69, 9.17) is 9.47 Å². The lowest BCUT2D eigenvalue weighted by Crippen LogP contribution is -2.39. The van der Waals surface area contributed by atoms with Crippen molar-refractivity contribution in [3.63, 3.8) is 0 Å². The highest BCUT2D eigenvalue weighted by atomic mass is 16.5. The van der Waals surface area contributed by atoms with Crippen LogP contribution in [0, 0.1) is 11.8 Å². The van der Waals surface area contributed by atoms with E-state index < -0.39 is 5.97 Å². The molecule has 0 radical (unpaired) electrons. The molecule has 0 N–H and O–H groups in total. The minimum atomic E-state index is -0.493. The number of carbonyl (C=O) groups excluding carboxylic acids is 3. The average molecular weight is 402 g/mol. The zero-order valence-corrected chi connectivity index (χ0v) is 17.3. The number of nitrogens with zero attached hydrogens (tertiary/aromatic N) is 2. The maximum atomic E-state index is 12.7. The summed E-state index contributed by atoms with van der Waals surface area (Å²) < 4.78 is 11.0. The number of anilines is 1. The Balaban J connectivity index is 1.60. The summed E-state index contributed by atoms with van der Waals surface area (Å²) in [6, 6.07) is 6.66. The van der Waals surface area contributed by atoms with E-state index in [2.05, 4.69) is 4.90 Å². The first-order valence-electron chi connectivity index (χ1n) is 10.4. The normalized spacial score (nSPS) is 22.9. The number of imide groups is 1. The van der Waals surface area contributed by atoms with Crippen molar-refractivity contribution in [3.05, 3.63) is 29.8 Å². The molecule has 2 amide bonds. The first-order chi connectivity index (χ1) is 14.0. The number of para-hydroxylation sites is 1. The third-order valence-electron chi connectivity index (χ3n) is 5.55. The molecule has 1 aromatic rings. The number of amides is 2. The van der Waals surface area contributed by atoms with E-state index in [-0.39, 0.29) is 35.6 Å². The van der Waals surface area contributed by atoms with Gasteiger partial charge in [-0.2, -0.15) is 0 Å². The van der Waals surface area contributed by atoms with Gasteiger partial charge in [0.25, 0.3) is 0 Å². The van der Waals surface area contributed by atoms with E-state index >= 15 is 0 Å². The van der Waals surface area contributed by atoms with Crippen molar-refractivity contribution in [1.82, 2.24) is 4.90 Å². The number of rotatable bonds is 8. The quantitative estimate of drug-likeness (QED) is 0.378. The van der Waals surface area contributed by atoms with Crippen molar-refractivity contribution in [3.8, 4) is 0 Å². The SMILES string of the molecule is CCOCCN1CCCC(COC(=O)c2ccccc2N2C(=O)CC(C)C2=O)C1. The lowest BCUT2D eigenvalue weighted by molar-refractivity contribution is -0.122. The molecule has 2 saturated heterocycles. The minimum absolute atomic E-state index is 0.169. The van der Waals surface area contributed by atoms with Crippen LogP contribution in [0.5, 0.6) is 0 Å². The first kappa shape index (κ1) is 21.5. The third kappa shape index (κ3) is 5.22. The molecule has 0 spiro atoms. The second-order valence-electron chi connectivity index (χ2n) is 7.79. The highest BCUT2D eigenvalue weighted by Gasteiger charge is 2.38. The molecule has 2 atom stereocenters. The van der Waals surface area contributed by atoms with Gasteiger partial charge in [0.2, 0.25) is 11.8 Å². The van der Waals surface area contributed by atoms with Crippen molar-refractivity contribution in [2.75, 3.05) is 44.4 Å². The minimum Gasteiger partial charge on any atom is -0.462 e. The van der Waals surface area contributed by atoms with Crippen molar-refractivity contribution in [2.45, 2.75) is 33.1 Å². The van der Waals surface area contributed by atoms with Gasteiger partial charge in [0, 0.05) is 38.0 Å². The third-order valence-corrected chi connectivity index (χ3v) is 5.55. The number of ether oxygens (including phenoxy) is 2. The number of hydrogen-bond donors (Lipinski definition) is 0. The number of esters is 1. The molecule has 2 aliphatic rings. The van der Waals surface area contributed by atoms with E-state index in [1.54, 1.807) is 31.2 Å². The molecular weight excluding hydrogens is 372 g/mol. The molecule has 0 saturated carbocycles. The molecule has 3 rings (SSSR count). The zero-order valence-electron chi connectivity index (χ0n) is 17.3. The summed E-state index contributed by atoms with van der Waals surface area (Å²) in [5, 5.41) is 0. The maximum absolute atomic E-state index is 12.7. The molecule has 2 unspecified atom stereocenters. The second-order valence-corrected chi connectivity index (χ2v) is 7.79. The molecule has 158 valence electrons. The van der Waals surface area contributed by atoms with Crippen LogP contribution in [-0.4, -0.2) is 62.1 Å². The van der Waals surface area contributed by atoms with Crippen molar-refractivity contribution in [1.29, 1.82) is 0 Å². The van der Waals surface area contributed by atoms with Crippen molar-refractivity contribution < 1.29 is 23.9 Å². The van der Waals surface area contributed by atoms with E-state index in [1.807, 2.05) is 6.92 Å². The molecule has 0 bridgehead atoms. The summed E-state index contributed by atoms with van der Waals surface area (Å²) in [7, 11) is 0. The lowest BCUT2D eigenvalue weighted by Gasteiger charge is -2.32. The second kappa shape index (κ2) is 9.98. The molecule has 2 fully saturated rings. The van der Waals surface area contributed by atoms with Crippen LogP contribution in [0.25, 0.3) is 0 Å². The van der Waals surface area contributed by atoms with Gasteiger partial charge in [-0.3, -0.25) is 9.59 Å². The van der Waals surface area contributed by atoms with Gasteiger partial charge in [-0.25, -0.2) is 9.69 Å². The van der Waals surface area contributed by atoms with Crippen LogP contribution < -0.4 is 4.90 Å². The van der Waals surface area contributed by atoms with Gasteiger partial charge in [0.05, 0.1) is 24.5 Å². The lowest BCUT2D eigenvalue weighted by atomic mass is 9.99. The largest absolute Gasteiger partial charge is 0.462 e.